The van der Waals surface area contributed by atoms with E-state index in [1.165, 1.54) is 6.92 Å². The van der Waals surface area contributed by atoms with E-state index in [9.17, 15) is 9.59 Å². The van der Waals surface area contributed by atoms with Gasteiger partial charge in [0.1, 0.15) is 5.75 Å². The molecule has 0 radical (unpaired) electrons. The summed E-state index contributed by atoms with van der Waals surface area (Å²) in [5.41, 5.74) is 1.23. The highest BCUT2D eigenvalue weighted by Crippen LogP contribution is 2.16. The monoisotopic (exact) mass is 377 g/mol. The number of ketones is 1. The lowest BCUT2D eigenvalue weighted by atomic mass is 10.1. The summed E-state index contributed by atoms with van der Waals surface area (Å²) in [7, 11) is 0. The van der Waals surface area contributed by atoms with Gasteiger partial charge in [0, 0.05) is 16.3 Å². The maximum Gasteiger partial charge on any atom is 0.234 e. The van der Waals surface area contributed by atoms with Gasteiger partial charge in [0.05, 0.1) is 12.4 Å². The molecule has 1 N–H and O–H groups in total. The van der Waals surface area contributed by atoms with E-state index in [0.717, 1.165) is 17.9 Å². The average molecular weight is 378 g/mol. The molecule has 0 fully saturated rings. The Morgan fingerprint density at radius 1 is 1.16 bits per heavy atom. The molecule has 25 heavy (non-hydrogen) atoms. The van der Waals surface area contributed by atoms with E-state index >= 15 is 0 Å². The van der Waals surface area contributed by atoms with Gasteiger partial charge in [0.2, 0.25) is 5.91 Å². The number of Topliss-reactive ketones (excluding diaryl/α,β-unsaturated/α-hetero) is 1. The number of halogens is 1. The molecule has 132 valence electrons. The van der Waals surface area contributed by atoms with Crippen LogP contribution in [-0.2, 0) is 4.79 Å². The highest BCUT2D eigenvalue weighted by atomic mass is 35.5. The number of ether oxygens (including phenoxy) is 1. The highest BCUT2D eigenvalue weighted by Gasteiger charge is 2.05. The minimum atomic E-state index is -0.0793. The number of rotatable bonds is 9. The van der Waals surface area contributed by atoms with Crippen LogP contribution in [0.4, 0.5) is 5.69 Å². The molecule has 0 aromatic heterocycles. The van der Waals surface area contributed by atoms with Gasteiger partial charge >= 0.3 is 0 Å². The summed E-state index contributed by atoms with van der Waals surface area (Å²) < 4.78 is 5.59. The van der Waals surface area contributed by atoms with Gasteiger partial charge in [0.25, 0.3) is 0 Å². The van der Waals surface area contributed by atoms with E-state index < -0.39 is 0 Å². The van der Waals surface area contributed by atoms with E-state index in [-0.39, 0.29) is 11.7 Å². The molecule has 0 atom stereocenters. The summed E-state index contributed by atoms with van der Waals surface area (Å²) in [5.74, 6) is 1.88. The predicted molar refractivity (Wildman–Crippen MR) is 104 cm³/mol. The number of hydrogen-bond donors (Lipinski definition) is 1. The van der Waals surface area contributed by atoms with Crippen molar-refractivity contribution in [1.82, 2.24) is 0 Å². The van der Waals surface area contributed by atoms with Crippen LogP contribution in [0.5, 0.6) is 5.75 Å². The van der Waals surface area contributed by atoms with Crippen LogP contribution in [0.3, 0.4) is 0 Å². The summed E-state index contributed by atoms with van der Waals surface area (Å²) >= 11 is 7.36. The molecule has 1 amide bonds. The Kier molecular flexibility index (Phi) is 7.82. The zero-order valence-corrected chi connectivity index (χ0v) is 15.5. The third kappa shape index (κ3) is 7.20. The third-order valence-electron chi connectivity index (χ3n) is 3.30. The number of hydrogen-bond acceptors (Lipinski definition) is 4. The molecule has 2 aromatic carbocycles. The van der Waals surface area contributed by atoms with Crippen molar-refractivity contribution in [2.75, 3.05) is 23.4 Å². The second kappa shape index (κ2) is 10.1. The maximum absolute atomic E-state index is 11.9. The van der Waals surface area contributed by atoms with Crippen LogP contribution in [0, 0.1) is 0 Å². The Hall–Kier alpha value is -1.98. The first-order valence-corrected chi connectivity index (χ1v) is 9.45. The van der Waals surface area contributed by atoms with Crippen molar-refractivity contribution < 1.29 is 14.3 Å². The van der Waals surface area contributed by atoms with Gasteiger partial charge in [-0.2, -0.15) is 11.8 Å². The molecule has 0 saturated heterocycles. The Morgan fingerprint density at radius 2 is 1.92 bits per heavy atom. The van der Waals surface area contributed by atoms with Crippen molar-refractivity contribution >= 4 is 40.7 Å². The Labute approximate surface area is 156 Å². The smallest absolute Gasteiger partial charge is 0.234 e. The van der Waals surface area contributed by atoms with Crippen LogP contribution in [0.1, 0.15) is 23.7 Å². The number of carbonyl (C=O) groups excluding carboxylic acids is 2. The fourth-order valence-electron chi connectivity index (χ4n) is 2.06. The second-order valence-corrected chi connectivity index (χ2v) is 6.94. The first-order valence-electron chi connectivity index (χ1n) is 7.91. The van der Waals surface area contributed by atoms with E-state index in [1.54, 1.807) is 48.2 Å². The van der Waals surface area contributed by atoms with Gasteiger partial charge < -0.3 is 10.1 Å². The van der Waals surface area contributed by atoms with Crippen molar-refractivity contribution in [2.24, 2.45) is 0 Å². The Morgan fingerprint density at radius 3 is 2.64 bits per heavy atom. The van der Waals surface area contributed by atoms with Crippen LogP contribution < -0.4 is 10.1 Å². The normalized spacial score (nSPS) is 10.3. The SMILES string of the molecule is CC(=O)c1cccc(NC(=O)CSCCCOc2ccc(Cl)cc2)c1. The van der Waals surface area contributed by atoms with Crippen LogP contribution in [-0.4, -0.2) is 29.8 Å². The molecule has 0 unspecified atom stereocenters. The second-order valence-electron chi connectivity index (χ2n) is 5.39. The largest absolute Gasteiger partial charge is 0.494 e. The Bertz CT molecular complexity index is 719. The first kappa shape index (κ1) is 19.3. The number of carbonyl (C=O) groups is 2. The topological polar surface area (TPSA) is 55.4 Å². The molecule has 6 heteroatoms. The number of benzene rings is 2. The van der Waals surface area contributed by atoms with Crippen molar-refractivity contribution in [2.45, 2.75) is 13.3 Å². The van der Waals surface area contributed by atoms with Gasteiger partial charge in [-0.15, -0.1) is 0 Å². The maximum atomic E-state index is 11.9. The molecule has 0 aliphatic heterocycles. The molecular formula is C19H20ClNO3S. The number of anilines is 1. The van der Waals surface area contributed by atoms with Crippen molar-refractivity contribution in [3.8, 4) is 5.75 Å². The molecule has 0 aliphatic rings. The van der Waals surface area contributed by atoms with Gasteiger partial charge in [0.15, 0.2) is 5.78 Å². The van der Waals surface area contributed by atoms with Gasteiger partial charge in [-0.25, -0.2) is 0 Å². The molecular weight excluding hydrogens is 358 g/mol. The van der Waals surface area contributed by atoms with Crippen LogP contribution in [0.15, 0.2) is 48.5 Å². The summed E-state index contributed by atoms with van der Waals surface area (Å²) in [6.07, 6.45) is 0.848. The van der Waals surface area contributed by atoms with Crippen molar-refractivity contribution in [3.63, 3.8) is 0 Å². The van der Waals surface area contributed by atoms with Gasteiger partial charge in [-0.1, -0.05) is 23.7 Å². The van der Waals surface area contributed by atoms with Crippen molar-refractivity contribution in [1.29, 1.82) is 0 Å². The number of thioether (sulfide) groups is 1. The quantitative estimate of drug-likeness (QED) is 0.509. The van der Waals surface area contributed by atoms with E-state index in [1.807, 2.05) is 12.1 Å². The minimum Gasteiger partial charge on any atom is -0.494 e. The van der Waals surface area contributed by atoms with E-state index in [2.05, 4.69) is 5.32 Å². The predicted octanol–water partition coefficient (Wildman–Crippen LogP) is 4.68. The lowest BCUT2D eigenvalue weighted by molar-refractivity contribution is -0.113. The van der Waals surface area contributed by atoms with E-state index in [0.29, 0.717) is 28.6 Å². The zero-order chi connectivity index (χ0) is 18.1. The zero-order valence-electron chi connectivity index (χ0n) is 14.0. The molecule has 2 aromatic rings. The molecule has 0 spiro atoms. The van der Waals surface area contributed by atoms with Crippen LogP contribution >= 0.6 is 23.4 Å². The molecule has 0 heterocycles. The molecule has 0 saturated carbocycles. The summed E-state index contributed by atoms with van der Waals surface area (Å²) in [5, 5.41) is 3.49. The number of nitrogens with one attached hydrogen (secondary N) is 1. The fraction of sp³-hybridized carbons (Fsp3) is 0.263. The molecule has 2 rings (SSSR count). The lowest BCUT2D eigenvalue weighted by Gasteiger charge is -2.07. The minimum absolute atomic E-state index is 0.0221. The first-order chi connectivity index (χ1) is 12.0. The average Bonchev–Trinajstić information content (AvgIpc) is 2.59. The Balaban J connectivity index is 1.61. The van der Waals surface area contributed by atoms with Crippen LogP contribution in [0.2, 0.25) is 5.02 Å². The third-order valence-corrected chi connectivity index (χ3v) is 4.60. The van der Waals surface area contributed by atoms with E-state index in [4.69, 9.17) is 16.3 Å². The fourth-order valence-corrected chi connectivity index (χ4v) is 2.91. The lowest BCUT2D eigenvalue weighted by Crippen LogP contribution is -2.15. The molecule has 0 bridgehead atoms. The standard InChI is InChI=1S/C19H20ClNO3S/c1-14(22)15-4-2-5-17(12-15)21-19(23)13-25-11-3-10-24-18-8-6-16(20)7-9-18/h2,4-9,12H,3,10-11,13H2,1H3,(H,21,23). The van der Waals surface area contributed by atoms with Gasteiger partial charge in [-0.3, -0.25) is 9.59 Å². The van der Waals surface area contributed by atoms with Crippen molar-refractivity contribution in [3.05, 3.63) is 59.1 Å². The van der Waals surface area contributed by atoms with Crippen LogP contribution in [0.25, 0.3) is 0 Å². The summed E-state index contributed by atoms with van der Waals surface area (Å²) in [6, 6.07) is 14.2. The molecule has 0 aliphatic carbocycles. The molecule has 4 nitrogen and oxygen atoms in total. The highest BCUT2D eigenvalue weighted by molar-refractivity contribution is 7.99. The van der Waals surface area contributed by atoms with Gasteiger partial charge in [-0.05, 0) is 55.5 Å². The summed E-state index contributed by atoms with van der Waals surface area (Å²) in [4.78, 5) is 23.3. The summed E-state index contributed by atoms with van der Waals surface area (Å²) in [6.45, 7) is 2.10. The number of amides is 1.